The molecule has 0 saturated carbocycles. The minimum absolute atomic E-state index is 0.0803. The van der Waals surface area contributed by atoms with Crippen molar-refractivity contribution in [3.63, 3.8) is 0 Å². The van der Waals surface area contributed by atoms with E-state index >= 15 is 0 Å². The molecule has 0 spiro atoms. The number of hydrogen-bond acceptors (Lipinski definition) is 5. The van der Waals surface area contributed by atoms with E-state index in [2.05, 4.69) is 0 Å². The number of carbonyl (C=O) groups excluding carboxylic acids is 2. The van der Waals surface area contributed by atoms with Gasteiger partial charge in [-0.1, -0.05) is 18.2 Å². The van der Waals surface area contributed by atoms with Crippen LogP contribution in [-0.4, -0.2) is 27.5 Å². The molecule has 164 valence electrons. The van der Waals surface area contributed by atoms with Crippen LogP contribution in [0.1, 0.15) is 28.2 Å². The van der Waals surface area contributed by atoms with Crippen molar-refractivity contribution in [2.24, 2.45) is 0 Å². The van der Waals surface area contributed by atoms with Gasteiger partial charge in [-0.3, -0.25) is 14.2 Å². The topological polar surface area (TPSA) is 83.4 Å². The van der Waals surface area contributed by atoms with Crippen LogP contribution in [0, 0.1) is 19.7 Å². The van der Waals surface area contributed by atoms with Crippen LogP contribution in [0.25, 0.3) is 16.8 Å². The fourth-order valence-corrected chi connectivity index (χ4v) is 3.78. The van der Waals surface area contributed by atoms with E-state index in [1.807, 2.05) is 6.92 Å². The van der Waals surface area contributed by atoms with Gasteiger partial charge in [-0.25, -0.2) is 9.18 Å². The molecule has 0 N–H and O–H groups in total. The number of fused-ring (bicyclic) bond motifs is 1. The van der Waals surface area contributed by atoms with Crippen molar-refractivity contribution in [3.8, 4) is 5.69 Å². The Morgan fingerprint density at radius 2 is 1.84 bits per heavy atom. The summed E-state index contributed by atoms with van der Waals surface area (Å²) in [5, 5.41) is 0. The van der Waals surface area contributed by atoms with Crippen LogP contribution in [-0.2, 0) is 16.1 Å². The number of benzene rings is 2. The highest BCUT2D eigenvalue weighted by Crippen LogP contribution is 2.22. The fraction of sp³-hybridized carbons (Fsp3) is 0.208. The van der Waals surface area contributed by atoms with Crippen molar-refractivity contribution in [2.45, 2.75) is 26.8 Å². The standard InChI is InChI=1S/C24H21FN2O5/c1-15-12-19(16(2)27(15)18-7-5-6-17(25)13-18)21(28)14-31-23(29)10-11-26-20-8-3-4-9-22(20)32-24(26)30/h3-9,12-13H,10-11,14H2,1-2H3. The Labute approximate surface area is 182 Å². The molecule has 2 heterocycles. The second-order valence-corrected chi connectivity index (χ2v) is 7.42. The van der Waals surface area contributed by atoms with Crippen LogP contribution >= 0.6 is 0 Å². The Balaban J connectivity index is 1.40. The van der Waals surface area contributed by atoms with Gasteiger partial charge in [0.15, 0.2) is 12.2 Å². The Morgan fingerprint density at radius 3 is 2.62 bits per heavy atom. The molecular formula is C24H21FN2O5. The first-order chi connectivity index (χ1) is 15.3. The third-order valence-corrected chi connectivity index (χ3v) is 5.28. The average molecular weight is 436 g/mol. The first-order valence-electron chi connectivity index (χ1n) is 10.1. The molecule has 0 saturated heterocycles. The molecule has 0 aliphatic rings. The number of halogens is 1. The number of aromatic nitrogens is 2. The molecule has 0 fully saturated rings. The lowest BCUT2D eigenvalue weighted by Gasteiger charge is -2.10. The van der Waals surface area contributed by atoms with E-state index in [0.29, 0.717) is 28.0 Å². The number of para-hydroxylation sites is 2. The Bertz CT molecular complexity index is 1380. The quantitative estimate of drug-likeness (QED) is 0.324. The van der Waals surface area contributed by atoms with E-state index in [4.69, 9.17) is 9.15 Å². The molecule has 0 radical (unpaired) electrons. The average Bonchev–Trinajstić information content (AvgIpc) is 3.25. The third kappa shape index (κ3) is 4.12. The minimum Gasteiger partial charge on any atom is -0.457 e. The predicted molar refractivity (Wildman–Crippen MR) is 116 cm³/mol. The minimum atomic E-state index is -0.602. The number of hydrogen-bond donors (Lipinski definition) is 0. The van der Waals surface area contributed by atoms with Crippen LogP contribution in [0.5, 0.6) is 0 Å². The number of carbonyl (C=O) groups is 2. The normalized spacial score (nSPS) is 11.1. The summed E-state index contributed by atoms with van der Waals surface area (Å²) in [5.74, 6) is -1.89. The second kappa shape index (κ2) is 8.66. The summed E-state index contributed by atoms with van der Waals surface area (Å²) in [6.45, 7) is 3.22. The van der Waals surface area contributed by atoms with Crippen molar-refractivity contribution in [1.29, 1.82) is 0 Å². The molecule has 0 aliphatic carbocycles. The number of nitrogens with zero attached hydrogens (tertiary/aromatic N) is 2. The van der Waals surface area contributed by atoms with Crippen molar-refractivity contribution in [2.75, 3.05) is 6.61 Å². The van der Waals surface area contributed by atoms with Gasteiger partial charge in [0.2, 0.25) is 5.78 Å². The number of ketones is 1. The third-order valence-electron chi connectivity index (χ3n) is 5.28. The zero-order valence-corrected chi connectivity index (χ0v) is 17.6. The molecule has 4 rings (SSSR count). The number of ether oxygens (including phenoxy) is 1. The molecule has 2 aromatic carbocycles. The van der Waals surface area contributed by atoms with Gasteiger partial charge in [-0.05, 0) is 50.2 Å². The Morgan fingerprint density at radius 1 is 1.06 bits per heavy atom. The summed E-state index contributed by atoms with van der Waals surface area (Å²) >= 11 is 0. The maximum Gasteiger partial charge on any atom is 0.419 e. The van der Waals surface area contributed by atoms with Gasteiger partial charge in [-0.15, -0.1) is 0 Å². The zero-order chi connectivity index (χ0) is 22.8. The smallest absolute Gasteiger partial charge is 0.419 e. The molecule has 7 nitrogen and oxygen atoms in total. The Hall–Kier alpha value is -3.94. The second-order valence-electron chi connectivity index (χ2n) is 7.42. The van der Waals surface area contributed by atoms with Crippen LogP contribution in [0.4, 0.5) is 4.39 Å². The van der Waals surface area contributed by atoms with Crippen molar-refractivity contribution >= 4 is 22.9 Å². The summed E-state index contributed by atoms with van der Waals surface area (Å²) in [4.78, 5) is 36.8. The fourth-order valence-electron chi connectivity index (χ4n) is 3.78. The van der Waals surface area contributed by atoms with E-state index < -0.39 is 18.3 Å². The van der Waals surface area contributed by atoms with Gasteiger partial charge in [-0.2, -0.15) is 0 Å². The highest BCUT2D eigenvalue weighted by molar-refractivity contribution is 5.99. The van der Waals surface area contributed by atoms with Crippen molar-refractivity contribution in [3.05, 3.63) is 87.9 Å². The summed E-state index contributed by atoms with van der Waals surface area (Å²) in [7, 11) is 0. The van der Waals surface area contributed by atoms with E-state index in [9.17, 15) is 18.8 Å². The number of esters is 1. The van der Waals surface area contributed by atoms with E-state index in [0.717, 1.165) is 5.69 Å². The molecular weight excluding hydrogens is 415 g/mol. The number of oxazole rings is 1. The zero-order valence-electron chi connectivity index (χ0n) is 17.6. The van der Waals surface area contributed by atoms with Crippen LogP contribution in [0.3, 0.4) is 0 Å². The highest BCUT2D eigenvalue weighted by Gasteiger charge is 2.19. The van der Waals surface area contributed by atoms with Gasteiger partial charge in [0.1, 0.15) is 5.82 Å². The van der Waals surface area contributed by atoms with E-state index in [1.165, 1.54) is 16.7 Å². The molecule has 0 bridgehead atoms. The lowest BCUT2D eigenvalue weighted by atomic mass is 10.1. The highest BCUT2D eigenvalue weighted by atomic mass is 19.1. The van der Waals surface area contributed by atoms with Gasteiger partial charge < -0.3 is 13.7 Å². The monoisotopic (exact) mass is 436 g/mol. The van der Waals surface area contributed by atoms with Gasteiger partial charge >= 0.3 is 11.7 Å². The predicted octanol–water partition coefficient (Wildman–Crippen LogP) is 3.96. The molecule has 2 aromatic heterocycles. The molecule has 32 heavy (non-hydrogen) atoms. The van der Waals surface area contributed by atoms with Gasteiger partial charge in [0, 0.05) is 29.2 Å². The van der Waals surface area contributed by atoms with Crippen LogP contribution in [0.15, 0.2) is 63.8 Å². The number of Topliss-reactive ketones (excluding diaryl/α,β-unsaturated/α-hetero) is 1. The summed E-state index contributed by atoms with van der Waals surface area (Å²) in [6, 6.07) is 14.7. The maximum atomic E-state index is 13.6. The number of aryl methyl sites for hydroxylation is 2. The molecule has 0 unspecified atom stereocenters. The van der Waals surface area contributed by atoms with Crippen molar-refractivity contribution < 1.29 is 23.1 Å². The van der Waals surface area contributed by atoms with Crippen LogP contribution in [0.2, 0.25) is 0 Å². The van der Waals surface area contributed by atoms with Gasteiger partial charge in [0.25, 0.3) is 0 Å². The van der Waals surface area contributed by atoms with E-state index in [1.54, 1.807) is 54.0 Å². The van der Waals surface area contributed by atoms with E-state index in [-0.39, 0.29) is 24.6 Å². The van der Waals surface area contributed by atoms with Gasteiger partial charge in [0.05, 0.1) is 11.9 Å². The first-order valence-corrected chi connectivity index (χ1v) is 10.1. The lowest BCUT2D eigenvalue weighted by Crippen LogP contribution is -2.19. The molecule has 8 heteroatoms. The molecule has 0 aliphatic heterocycles. The van der Waals surface area contributed by atoms with Crippen molar-refractivity contribution in [1.82, 2.24) is 9.13 Å². The molecule has 0 amide bonds. The summed E-state index contributed by atoms with van der Waals surface area (Å²) < 4.78 is 27.0. The first kappa shape index (κ1) is 21.3. The maximum absolute atomic E-state index is 13.6. The molecule has 0 atom stereocenters. The van der Waals surface area contributed by atoms with Crippen LogP contribution < -0.4 is 5.76 Å². The Kier molecular flexibility index (Phi) is 5.77. The lowest BCUT2D eigenvalue weighted by molar-refractivity contribution is -0.142. The summed E-state index contributed by atoms with van der Waals surface area (Å²) in [6.07, 6.45) is -0.0843. The summed E-state index contributed by atoms with van der Waals surface area (Å²) in [5.41, 5.74) is 3.42. The number of rotatable bonds is 7. The molecule has 4 aromatic rings. The largest absolute Gasteiger partial charge is 0.457 e. The SMILES string of the molecule is Cc1cc(C(=O)COC(=O)CCn2c(=O)oc3ccccc32)c(C)n1-c1cccc(F)c1.